The first-order chi connectivity index (χ1) is 23.1. The Bertz CT molecular complexity index is 1760. The number of amides is 4. The molecule has 14 heteroatoms. The Balaban J connectivity index is 1.15. The quantitative estimate of drug-likeness (QED) is 0.172. The van der Waals surface area contributed by atoms with Gasteiger partial charge in [0.2, 0.25) is 0 Å². The van der Waals surface area contributed by atoms with Crippen molar-refractivity contribution in [2.45, 2.75) is 26.2 Å². The highest BCUT2D eigenvalue weighted by atomic mass is 16.5. The van der Waals surface area contributed by atoms with Gasteiger partial charge in [-0.2, -0.15) is 0 Å². The Morgan fingerprint density at radius 2 is 1.27 bits per heavy atom. The fourth-order valence-electron chi connectivity index (χ4n) is 5.49. The van der Waals surface area contributed by atoms with E-state index < -0.39 is 11.8 Å². The summed E-state index contributed by atoms with van der Waals surface area (Å²) in [6.45, 7) is 6.47. The number of rotatable bonds is 13. The molecule has 0 radical (unpaired) electrons. The lowest BCUT2D eigenvalue weighted by Gasteiger charge is -2.26. The molecule has 5 rings (SSSR count). The summed E-state index contributed by atoms with van der Waals surface area (Å²) in [7, 11) is 5.14. The highest BCUT2D eigenvalue weighted by Crippen LogP contribution is 2.20. The molecule has 0 atom stereocenters. The summed E-state index contributed by atoms with van der Waals surface area (Å²) in [6.07, 6.45) is 9.73. The lowest BCUT2D eigenvalue weighted by molar-refractivity contribution is 0.0383. The minimum absolute atomic E-state index is 0.230. The first-order valence-corrected chi connectivity index (χ1v) is 16.1. The van der Waals surface area contributed by atoms with Crippen LogP contribution >= 0.6 is 0 Å². The summed E-state index contributed by atoms with van der Waals surface area (Å²) in [4.78, 5) is 58.4. The van der Waals surface area contributed by atoms with E-state index >= 15 is 0 Å². The number of nitrogens with zero attached hydrogens (tertiary/aromatic N) is 5. The number of anilines is 3. The van der Waals surface area contributed by atoms with Gasteiger partial charge in [0.25, 0.3) is 23.6 Å². The molecule has 48 heavy (non-hydrogen) atoms. The van der Waals surface area contributed by atoms with E-state index in [-0.39, 0.29) is 17.5 Å². The van der Waals surface area contributed by atoms with Crippen LogP contribution in [-0.4, -0.2) is 86.6 Å². The van der Waals surface area contributed by atoms with Gasteiger partial charge in [-0.3, -0.25) is 29.1 Å². The highest BCUT2D eigenvalue weighted by Gasteiger charge is 2.19. The van der Waals surface area contributed by atoms with E-state index in [1.807, 2.05) is 6.07 Å². The van der Waals surface area contributed by atoms with Gasteiger partial charge in [-0.05, 0) is 42.7 Å². The second-order valence-corrected chi connectivity index (χ2v) is 11.9. The number of morpholine rings is 1. The topological polar surface area (TPSA) is 157 Å². The summed E-state index contributed by atoms with van der Waals surface area (Å²) in [5, 5.41) is 11.4. The van der Waals surface area contributed by atoms with Crippen molar-refractivity contribution >= 4 is 40.7 Å². The monoisotopic (exact) mass is 657 g/mol. The van der Waals surface area contributed by atoms with Crippen molar-refractivity contribution < 1.29 is 23.9 Å². The Kier molecular flexibility index (Phi) is 11.1. The smallest absolute Gasteiger partial charge is 0.274 e. The van der Waals surface area contributed by atoms with E-state index in [0.717, 1.165) is 44.5 Å². The van der Waals surface area contributed by atoms with Gasteiger partial charge in [-0.25, -0.2) is 0 Å². The van der Waals surface area contributed by atoms with Crippen LogP contribution in [0.25, 0.3) is 0 Å². The molecule has 0 bridgehead atoms. The second kappa shape index (κ2) is 15.6. The van der Waals surface area contributed by atoms with Crippen LogP contribution in [0.5, 0.6) is 0 Å². The van der Waals surface area contributed by atoms with Crippen LogP contribution in [-0.2, 0) is 32.3 Å². The van der Waals surface area contributed by atoms with Crippen molar-refractivity contribution in [3.05, 3.63) is 83.5 Å². The predicted octanol–water partition coefficient (Wildman–Crippen LogP) is 3.26. The van der Waals surface area contributed by atoms with Gasteiger partial charge >= 0.3 is 0 Å². The van der Waals surface area contributed by atoms with E-state index in [2.05, 4.69) is 38.1 Å². The van der Waals surface area contributed by atoms with Crippen LogP contribution in [0.15, 0.2) is 55.1 Å². The molecular formula is C34H43N9O5. The number of carbonyl (C=O) groups is 4. The maximum atomic E-state index is 13.2. The highest BCUT2D eigenvalue weighted by molar-refractivity contribution is 6.08. The van der Waals surface area contributed by atoms with E-state index in [4.69, 9.17) is 4.74 Å². The molecule has 1 saturated heterocycles. The van der Waals surface area contributed by atoms with Crippen LogP contribution in [0.2, 0.25) is 0 Å². The lowest BCUT2D eigenvalue weighted by atomic mass is 10.1. The molecule has 0 spiro atoms. The zero-order chi connectivity index (χ0) is 34.2. The third kappa shape index (κ3) is 8.57. The van der Waals surface area contributed by atoms with E-state index in [1.54, 1.807) is 83.9 Å². The summed E-state index contributed by atoms with van der Waals surface area (Å²) in [6, 6.07) is 8.36. The number of hydrogen-bond acceptors (Lipinski definition) is 7. The molecule has 254 valence electrons. The van der Waals surface area contributed by atoms with E-state index in [9.17, 15) is 19.2 Å². The average molecular weight is 658 g/mol. The summed E-state index contributed by atoms with van der Waals surface area (Å²) < 4.78 is 10.2. The zero-order valence-corrected chi connectivity index (χ0v) is 27.8. The molecule has 1 aliphatic rings. The third-order valence-electron chi connectivity index (χ3n) is 8.18. The maximum Gasteiger partial charge on any atom is 0.274 e. The van der Waals surface area contributed by atoms with Crippen molar-refractivity contribution in [3.63, 3.8) is 0 Å². The number of nitrogens with one attached hydrogen (secondary N) is 4. The molecular weight excluding hydrogens is 614 g/mol. The zero-order valence-electron chi connectivity index (χ0n) is 27.8. The normalized spacial score (nSPS) is 13.2. The SMILES string of the molecule is CCCCc1ccc(C(=O)Nc2cc(C(=O)Nc3cc(C(=O)Nc4cc(C(=O)NCCN5CCOCC5)n(C)c4)n(C)c3)n(C)c2)nc1. The molecule has 4 aromatic rings. The largest absolute Gasteiger partial charge is 0.379 e. The minimum Gasteiger partial charge on any atom is -0.379 e. The van der Waals surface area contributed by atoms with E-state index in [0.29, 0.717) is 53.9 Å². The van der Waals surface area contributed by atoms with Crippen molar-refractivity contribution in [2.75, 3.05) is 55.3 Å². The average Bonchev–Trinajstić information content (AvgIpc) is 3.75. The van der Waals surface area contributed by atoms with Crippen molar-refractivity contribution in [2.24, 2.45) is 21.1 Å². The first-order valence-electron chi connectivity index (χ1n) is 16.1. The van der Waals surface area contributed by atoms with Crippen molar-refractivity contribution in [3.8, 4) is 0 Å². The van der Waals surface area contributed by atoms with Crippen LogP contribution in [0, 0.1) is 0 Å². The summed E-state index contributed by atoms with van der Waals surface area (Å²) in [5.41, 5.74) is 3.73. The molecule has 1 fully saturated rings. The molecule has 0 saturated carbocycles. The number of aryl methyl sites for hydroxylation is 4. The molecule has 14 nitrogen and oxygen atoms in total. The summed E-state index contributed by atoms with van der Waals surface area (Å²) in [5.74, 6) is -1.42. The van der Waals surface area contributed by atoms with Crippen molar-refractivity contribution in [1.29, 1.82) is 0 Å². The van der Waals surface area contributed by atoms with Gasteiger partial charge in [0, 0.05) is 72.1 Å². The number of ether oxygens (including phenoxy) is 1. The molecule has 4 amide bonds. The van der Waals surface area contributed by atoms with Crippen LogP contribution in [0.1, 0.15) is 67.3 Å². The third-order valence-corrected chi connectivity index (χ3v) is 8.18. The number of unbranched alkanes of at least 4 members (excludes halogenated alkanes) is 1. The molecule has 0 aliphatic carbocycles. The Hall–Kier alpha value is -5.21. The van der Waals surface area contributed by atoms with Gasteiger partial charge in [0.15, 0.2) is 0 Å². The maximum absolute atomic E-state index is 13.2. The first kappa shape index (κ1) is 34.1. The Labute approximate surface area is 279 Å². The van der Waals surface area contributed by atoms with E-state index in [1.165, 1.54) is 0 Å². The van der Waals surface area contributed by atoms with Crippen LogP contribution in [0.4, 0.5) is 17.1 Å². The number of carbonyl (C=O) groups excluding carboxylic acids is 4. The van der Waals surface area contributed by atoms with Gasteiger partial charge in [-0.1, -0.05) is 19.4 Å². The molecule has 1 aliphatic heterocycles. The Morgan fingerprint density at radius 1 is 0.750 bits per heavy atom. The molecule has 5 heterocycles. The fourth-order valence-corrected chi connectivity index (χ4v) is 5.49. The van der Waals surface area contributed by atoms with Crippen LogP contribution < -0.4 is 21.3 Å². The van der Waals surface area contributed by atoms with Gasteiger partial charge < -0.3 is 39.7 Å². The Morgan fingerprint density at radius 3 is 1.77 bits per heavy atom. The molecule has 0 aromatic carbocycles. The lowest BCUT2D eigenvalue weighted by Crippen LogP contribution is -2.41. The molecule has 4 N–H and O–H groups in total. The molecule has 4 aromatic heterocycles. The summed E-state index contributed by atoms with van der Waals surface area (Å²) >= 11 is 0. The predicted molar refractivity (Wildman–Crippen MR) is 183 cm³/mol. The van der Waals surface area contributed by atoms with Crippen LogP contribution in [0.3, 0.4) is 0 Å². The number of aromatic nitrogens is 4. The standard InChI is InChI=1S/C34H43N9O5/c1-5-6-7-23-8-9-27(36-19-23)31(44)37-24-17-29(41(3)20-24)33(46)39-26-18-30(42(4)22-26)34(47)38-25-16-28(40(2)21-25)32(45)35-10-11-43-12-14-48-15-13-43/h8-9,16-22H,5-7,10-15H2,1-4H3,(H,35,45)(H,37,44)(H,38,47)(H,39,46). The number of hydrogen-bond donors (Lipinski definition) is 4. The minimum atomic E-state index is -0.415. The van der Waals surface area contributed by atoms with Crippen molar-refractivity contribution in [1.82, 2.24) is 28.9 Å². The number of pyridine rings is 1. The second-order valence-electron chi connectivity index (χ2n) is 11.9. The molecule has 0 unspecified atom stereocenters. The van der Waals surface area contributed by atoms with Gasteiger partial charge in [-0.15, -0.1) is 0 Å². The van der Waals surface area contributed by atoms with Gasteiger partial charge in [0.1, 0.15) is 22.8 Å². The van der Waals surface area contributed by atoms with Gasteiger partial charge in [0.05, 0.1) is 30.3 Å². The fraction of sp³-hybridized carbons (Fsp3) is 0.382.